The van der Waals surface area contributed by atoms with Gasteiger partial charge in [-0.1, -0.05) is 12.1 Å². The molecule has 1 saturated carbocycles. The molecule has 1 aliphatic carbocycles. The lowest BCUT2D eigenvalue weighted by molar-refractivity contribution is 0.380. The number of imidazole rings is 1. The van der Waals surface area contributed by atoms with Gasteiger partial charge < -0.3 is 9.47 Å². The van der Waals surface area contributed by atoms with E-state index in [4.69, 9.17) is 16.6 Å². The summed E-state index contributed by atoms with van der Waals surface area (Å²) in [6.45, 7) is 1.01. The van der Waals surface area contributed by atoms with Gasteiger partial charge in [-0.15, -0.1) is 11.6 Å². The number of aromatic nitrogens is 2. The van der Waals surface area contributed by atoms with Crippen LogP contribution in [0.15, 0.2) is 24.3 Å². The van der Waals surface area contributed by atoms with E-state index < -0.39 is 0 Å². The lowest BCUT2D eigenvalue weighted by atomic mass is 9.91. The molecule has 1 aliphatic rings. The summed E-state index contributed by atoms with van der Waals surface area (Å²) in [5.41, 5.74) is 2.28. The second-order valence-electron chi connectivity index (χ2n) is 5.28. The maximum atomic E-state index is 5.86. The van der Waals surface area contributed by atoms with Crippen LogP contribution in [0, 0.1) is 0 Å². The normalized spacial score (nSPS) is 15.7. The average molecular weight is 278 g/mol. The van der Waals surface area contributed by atoms with Crippen LogP contribution in [0.3, 0.4) is 0 Å². The summed E-state index contributed by atoms with van der Waals surface area (Å²) in [5, 5.41) is 0. The summed E-state index contributed by atoms with van der Waals surface area (Å²) in [4.78, 5) is 7.26. The molecule has 0 saturated heterocycles. The Balaban J connectivity index is 1.96. The van der Waals surface area contributed by atoms with E-state index in [1.807, 2.05) is 6.07 Å². The van der Waals surface area contributed by atoms with E-state index in [1.54, 1.807) is 0 Å². The molecule has 102 valence electrons. The molecule has 0 amide bonds. The zero-order chi connectivity index (χ0) is 13.2. The molecular weight excluding hydrogens is 258 g/mol. The number of nitrogens with zero attached hydrogens (tertiary/aromatic N) is 3. The fourth-order valence-corrected chi connectivity index (χ4v) is 2.88. The Morgan fingerprint density at radius 1 is 1.37 bits per heavy atom. The van der Waals surface area contributed by atoms with Gasteiger partial charge in [0.25, 0.3) is 0 Å². The van der Waals surface area contributed by atoms with Crippen LogP contribution < -0.4 is 4.90 Å². The quantitative estimate of drug-likeness (QED) is 0.779. The third kappa shape index (κ3) is 2.32. The summed E-state index contributed by atoms with van der Waals surface area (Å²) in [6.07, 6.45) is 4.92. The van der Waals surface area contributed by atoms with E-state index >= 15 is 0 Å². The molecule has 0 radical (unpaired) electrons. The second-order valence-corrected chi connectivity index (χ2v) is 5.66. The van der Waals surface area contributed by atoms with Crippen LogP contribution in [-0.4, -0.2) is 28.0 Å². The zero-order valence-electron chi connectivity index (χ0n) is 11.3. The van der Waals surface area contributed by atoms with Crippen molar-refractivity contribution < 1.29 is 0 Å². The Labute approximate surface area is 119 Å². The van der Waals surface area contributed by atoms with Gasteiger partial charge in [0.05, 0.1) is 11.0 Å². The summed E-state index contributed by atoms with van der Waals surface area (Å²) in [5.74, 6) is 1.81. The predicted octanol–water partition coefficient (Wildman–Crippen LogP) is 3.56. The molecule has 2 aromatic rings. The Morgan fingerprint density at radius 3 is 2.79 bits per heavy atom. The van der Waals surface area contributed by atoms with Gasteiger partial charge in [-0.05, 0) is 37.8 Å². The lowest BCUT2D eigenvalue weighted by Gasteiger charge is -2.38. The van der Waals surface area contributed by atoms with Crippen molar-refractivity contribution in [3.63, 3.8) is 0 Å². The van der Waals surface area contributed by atoms with Crippen LogP contribution in [0.25, 0.3) is 11.0 Å². The Morgan fingerprint density at radius 2 is 2.16 bits per heavy atom. The minimum atomic E-state index is 0.652. The molecule has 1 aromatic carbocycles. The standard InChI is InChI=1S/C15H20ClN3/c1-18-14-9-3-2-8-13(14)17-15(18)19(11-5-10-16)12-6-4-7-12/h2-3,8-9,12H,4-7,10-11H2,1H3. The van der Waals surface area contributed by atoms with E-state index in [9.17, 15) is 0 Å². The van der Waals surface area contributed by atoms with Crippen molar-refractivity contribution in [2.24, 2.45) is 7.05 Å². The first kappa shape index (κ1) is 12.8. The molecule has 0 bridgehead atoms. The Hall–Kier alpha value is -1.22. The molecular formula is C15H20ClN3. The van der Waals surface area contributed by atoms with Gasteiger partial charge >= 0.3 is 0 Å². The molecule has 3 nitrogen and oxygen atoms in total. The minimum absolute atomic E-state index is 0.652. The molecule has 0 aliphatic heterocycles. The number of para-hydroxylation sites is 2. The van der Waals surface area contributed by atoms with Crippen molar-refractivity contribution in [1.29, 1.82) is 0 Å². The zero-order valence-corrected chi connectivity index (χ0v) is 12.1. The SMILES string of the molecule is Cn1c(N(CCCCl)C2CCC2)nc2ccccc21. The van der Waals surface area contributed by atoms with Crippen molar-refractivity contribution in [3.8, 4) is 0 Å². The molecule has 19 heavy (non-hydrogen) atoms. The summed E-state index contributed by atoms with van der Waals surface area (Å²) >= 11 is 5.86. The molecule has 1 fully saturated rings. The number of hydrogen-bond acceptors (Lipinski definition) is 2. The summed E-state index contributed by atoms with van der Waals surface area (Å²) in [7, 11) is 2.11. The Bertz CT molecular complexity index is 560. The number of hydrogen-bond donors (Lipinski definition) is 0. The lowest BCUT2D eigenvalue weighted by Crippen LogP contribution is -2.42. The first-order valence-corrected chi connectivity index (χ1v) is 7.59. The highest BCUT2D eigenvalue weighted by Crippen LogP contribution is 2.30. The third-order valence-corrected chi connectivity index (χ3v) is 4.34. The minimum Gasteiger partial charge on any atom is -0.339 e. The fourth-order valence-electron chi connectivity index (χ4n) is 2.76. The summed E-state index contributed by atoms with van der Waals surface area (Å²) < 4.78 is 2.21. The maximum Gasteiger partial charge on any atom is 0.206 e. The van der Waals surface area contributed by atoms with Crippen LogP contribution in [0.2, 0.25) is 0 Å². The smallest absolute Gasteiger partial charge is 0.206 e. The van der Waals surface area contributed by atoms with Gasteiger partial charge in [-0.3, -0.25) is 0 Å². The third-order valence-electron chi connectivity index (χ3n) is 4.07. The van der Waals surface area contributed by atoms with Crippen molar-refractivity contribution in [3.05, 3.63) is 24.3 Å². The van der Waals surface area contributed by atoms with E-state index in [0.717, 1.165) is 24.4 Å². The molecule has 4 heteroatoms. The first-order valence-electron chi connectivity index (χ1n) is 7.05. The van der Waals surface area contributed by atoms with E-state index in [-0.39, 0.29) is 0 Å². The number of benzene rings is 1. The molecule has 0 N–H and O–H groups in total. The van der Waals surface area contributed by atoms with Crippen LogP contribution in [0.1, 0.15) is 25.7 Å². The number of anilines is 1. The van der Waals surface area contributed by atoms with Crippen molar-refractivity contribution in [2.45, 2.75) is 31.7 Å². The van der Waals surface area contributed by atoms with Crippen LogP contribution in [0.4, 0.5) is 5.95 Å². The monoisotopic (exact) mass is 277 g/mol. The molecule has 1 heterocycles. The van der Waals surface area contributed by atoms with Gasteiger partial charge in [-0.25, -0.2) is 4.98 Å². The summed E-state index contributed by atoms with van der Waals surface area (Å²) in [6, 6.07) is 8.98. The van der Waals surface area contributed by atoms with Crippen LogP contribution in [-0.2, 0) is 7.05 Å². The van der Waals surface area contributed by atoms with Crippen molar-refractivity contribution in [1.82, 2.24) is 9.55 Å². The highest BCUT2D eigenvalue weighted by Gasteiger charge is 2.27. The molecule has 0 spiro atoms. The van der Waals surface area contributed by atoms with Gasteiger partial charge in [0.15, 0.2) is 0 Å². The van der Waals surface area contributed by atoms with Crippen LogP contribution in [0.5, 0.6) is 0 Å². The number of alkyl halides is 1. The molecule has 3 rings (SSSR count). The molecule has 0 unspecified atom stereocenters. The number of aryl methyl sites for hydroxylation is 1. The second kappa shape index (κ2) is 5.41. The van der Waals surface area contributed by atoms with Gasteiger partial charge in [0.1, 0.15) is 0 Å². The number of rotatable bonds is 5. The van der Waals surface area contributed by atoms with Gasteiger partial charge in [0.2, 0.25) is 5.95 Å². The Kier molecular flexibility index (Phi) is 3.65. The fraction of sp³-hybridized carbons (Fsp3) is 0.533. The van der Waals surface area contributed by atoms with E-state index in [2.05, 4.69) is 34.7 Å². The predicted molar refractivity (Wildman–Crippen MR) is 81.0 cm³/mol. The first-order chi connectivity index (χ1) is 9.31. The van der Waals surface area contributed by atoms with Crippen LogP contribution >= 0.6 is 11.6 Å². The topological polar surface area (TPSA) is 21.1 Å². The molecule has 0 atom stereocenters. The highest BCUT2D eigenvalue weighted by atomic mass is 35.5. The average Bonchev–Trinajstić information content (AvgIpc) is 2.70. The van der Waals surface area contributed by atoms with Gasteiger partial charge in [0, 0.05) is 25.5 Å². The maximum absolute atomic E-state index is 5.86. The van der Waals surface area contributed by atoms with Crippen molar-refractivity contribution >= 4 is 28.6 Å². The molecule has 1 aromatic heterocycles. The highest BCUT2D eigenvalue weighted by molar-refractivity contribution is 6.17. The van der Waals surface area contributed by atoms with E-state index in [0.29, 0.717) is 11.9 Å². The van der Waals surface area contributed by atoms with Gasteiger partial charge in [-0.2, -0.15) is 0 Å². The number of halogens is 1. The van der Waals surface area contributed by atoms with E-state index in [1.165, 1.54) is 24.8 Å². The largest absolute Gasteiger partial charge is 0.339 e. The number of fused-ring (bicyclic) bond motifs is 1. The van der Waals surface area contributed by atoms with Crippen molar-refractivity contribution in [2.75, 3.05) is 17.3 Å².